The van der Waals surface area contributed by atoms with Crippen LogP contribution in [-0.2, 0) is 11.2 Å². The SMILES string of the molecule is COc1cc(OC)cc(C(=O)N2CCC(N3C(=O)CCc4ccccc43)CC2)c1. The summed E-state index contributed by atoms with van der Waals surface area (Å²) < 4.78 is 10.6. The molecule has 4 rings (SSSR count). The Bertz CT molecular complexity index is 897. The van der Waals surface area contributed by atoms with Crippen LogP contribution in [0, 0.1) is 0 Å². The van der Waals surface area contributed by atoms with Gasteiger partial charge in [-0.15, -0.1) is 0 Å². The highest BCUT2D eigenvalue weighted by atomic mass is 16.5. The molecule has 29 heavy (non-hydrogen) atoms. The maximum absolute atomic E-state index is 13.0. The van der Waals surface area contributed by atoms with Gasteiger partial charge >= 0.3 is 0 Å². The minimum Gasteiger partial charge on any atom is -0.497 e. The van der Waals surface area contributed by atoms with Crippen LogP contribution in [0.1, 0.15) is 35.2 Å². The number of nitrogens with zero attached hydrogens (tertiary/aromatic N) is 2. The Hall–Kier alpha value is -3.02. The molecule has 2 aromatic rings. The fraction of sp³-hybridized carbons (Fsp3) is 0.391. The first-order chi connectivity index (χ1) is 14.1. The second-order valence-electron chi connectivity index (χ2n) is 7.52. The van der Waals surface area contributed by atoms with E-state index in [1.54, 1.807) is 32.4 Å². The van der Waals surface area contributed by atoms with Crippen LogP contribution in [0.5, 0.6) is 11.5 Å². The topological polar surface area (TPSA) is 59.1 Å². The molecular weight excluding hydrogens is 368 g/mol. The largest absolute Gasteiger partial charge is 0.497 e. The summed E-state index contributed by atoms with van der Waals surface area (Å²) in [6.45, 7) is 1.24. The maximum atomic E-state index is 13.0. The summed E-state index contributed by atoms with van der Waals surface area (Å²) in [6, 6.07) is 13.5. The van der Waals surface area contributed by atoms with Crippen molar-refractivity contribution < 1.29 is 19.1 Å². The van der Waals surface area contributed by atoms with Crippen molar-refractivity contribution in [2.24, 2.45) is 0 Å². The highest BCUT2D eigenvalue weighted by Gasteiger charge is 2.33. The number of amides is 2. The number of rotatable bonds is 4. The third-order valence-corrected chi connectivity index (χ3v) is 5.84. The molecular formula is C23H26N2O4. The fourth-order valence-electron chi connectivity index (χ4n) is 4.29. The number of aryl methyl sites for hydroxylation is 1. The Kier molecular flexibility index (Phi) is 5.43. The third kappa shape index (κ3) is 3.79. The van der Waals surface area contributed by atoms with Gasteiger partial charge in [0.15, 0.2) is 0 Å². The zero-order valence-corrected chi connectivity index (χ0v) is 16.9. The smallest absolute Gasteiger partial charge is 0.254 e. The molecule has 0 saturated carbocycles. The van der Waals surface area contributed by atoms with Crippen LogP contribution in [0.25, 0.3) is 0 Å². The third-order valence-electron chi connectivity index (χ3n) is 5.84. The molecule has 2 heterocycles. The van der Waals surface area contributed by atoms with Gasteiger partial charge < -0.3 is 19.3 Å². The van der Waals surface area contributed by atoms with Gasteiger partial charge in [0.25, 0.3) is 5.91 Å². The van der Waals surface area contributed by atoms with Gasteiger partial charge in [0.05, 0.1) is 14.2 Å². The molecule has 2 aliphatic rings. The minimum absolute atomic E-state index is 0.0361. The number of hydrogen-bond donors (Lipinski definition) is 0. The minimum atomic E-state index is -0.0361. The Labute approximate surface area is 171 Å². The van der Waals surface area contributed by atoms with Crippen molar-refractivity contribution in [1.82, 2.24) is 4.90 Å². The highest BCUT2D eigenvalue weighted by Crippen LogP contribution is 2.33. The zero-order chi connectivity index (χ0) is 20.4. The number of methoxy groups -OCH3 is 2. The van der Waals surface area contributed by atoms with E-state index in [0.29, 0.717) is 36.6 Å². The molecule has 0 atom stereocenters. The maximum Gasteiger partial charge on any atom is 0.254 e. The molecule has 1 fully saturated rings. The van der Waals surface area contributed by atoms with Crippen molar-refractivity contribution in [2.45, 2.75) is 31.7 Å². The van der Waals surface area contributed by atoms with Gasteiger partial charge in [-0.05, 0) is 43.0 Å². The van der Waals surface area contributed by atoms with E-state index >= 15 is 0 Å². The highest BCUT2D eigenvalue weighted by molar-refractivity contribution is 5.97. The number of carbonyl (C=O) groups excluding carboxylic acids is 2. The van der Waals surface area contributed by atoms with Gasteiger partial charge in [0.1, 0.15) is 11.5 Å². The van der Waals surface area contributed by atoms with Gasteiger partial charge in [-0.25, -0.2) is 0 Å². The van der Waals surface area contributed by atoms with Crippen LogP contribution in [-0.4, -0.2) is 50.1 Å². The van der Waals surface area contributed by atoms with Crippen molar-refractivity contribution in [3.8, 4) is 11.5 Å². The predicted molar refractivity (Wildman–Crippen MR) is 111 cm³/mol. The molecule has 0 bridgehead atoms. The molecule has 0 aromatic heterocycles. The fourth-order valence-corrected chi connectivity index (χ4v) is 4.29. The van der Waals surface area contributed by atoms with Gasteiger partial charge in [0.2, 0.25) is 5.91 Å². The number of ether oxygens (including phenoxy) is 2. The summed E-state index contributed by atoms with van der Waals surface area (Å²) in [5.74, 6) is 1.34. The Balaban J connectivity index is 1.47. The van der Waals surface area contributed by atoms with Crippen LogP contribution in [0.15, 0.2) is 42.5 Å². The van der Waals surface area contributed by atoms with Crippen LogP contribution >= 0.6 is 0 Å². The quantitative estimate of drug-likeness (QED) is 0.799. The van der Waals surface area contributed by atoms with Crippen LogP contribution < -0.4 is 14.4 Å². The van der Waals surface area contributed by atoms with Crippen LogP contribution in [0.3, 0.4) is 0 Å². The molecule has 0 aliphatic carbocycles. The van der Waals surface area contributed by atoms with Crippen LogP contribution in [0.4, 0.5) is 5.69 Å². The van der Waals surface area contributed by atoms with E-state index in [2.05, 4.69) is 6.07 Å². The van der Waals surface area contributed by atoms with Crippen molar-refractivity contribution in [1.29, 1.82) is 0 Å². The second kappa shape index (κ2) is 8.15. The van der Waals surface area contributed by atoms with E-state index in [1.807, 2.05) is 28.0 Å². The molecule has 152 valence electrons. The summed E-state index contributed by atoms with van der Waals surface area (Å²) in [7, 11) is 3.14. The zero-order valence-electron chi connectivity index (χ0n) is 16.9. The summed E-state index contributed by atoms with van der Waals surface area (Å²) in [4.78, 5) is 29.5. The number of piperidine rings is 1. The summed E-state index contributed by atoms with van der Waals surface area (Å²) in [5.41, 5.74) is 2.82. The molecule has 6 nitrogen and oxygen atoms in total. The molecule has 2 amide bonds. The Morgan fingerprint density at radius 2 is 1.62 bits per heavy atom. The van der Waals surface area contributed by atoms with Gasteiger partial charge in [-0.2, -0.15) is 0 Å². The number of fused-ring (bicyclic) bond motifs is 1. The number of para-hydroxylation sites is 1. The molecule has 0 spiro atoms. The predicted octanol–water partition coefficient (Wildman–Crippen LogP) is 3.29. The first-order valence-corrected chi connectivity index (χ1v) is 10.0. The number of carbonyl (C=O) groups is 2. The molecule has 2 aromatic carbocycles. The second-order valence-corrected chi connectivity index (χ2v) is 7.52. The first kappa shape index (κ1) is 19.3. The van der Waals surface area contributed by atoms with Crippen molar-refractivity contribution in [3.05, 3.63) is 53.6 Å². The molecule has 0 radical (unpaired) electrons. The monoisotopic (exact) mass is 394 g/mol. The van der Waals surface area contributed by atoms with Gasteiger partial charge in [0, 0.05) is 42.9 Å². The normalized spacial score (nSPS) is 17.1. The number of anilines is 1. The van der Waals surface area contributed by atoms with Crippen molar-refractivity contribution in [3.63, 3.8) is 0 Å². The number of hydrogen-bond acceptors (Lipinski definition) is 4. The van der Waals surface area contributed by atoms with E-state index in [1.165, 1.54) is 5.56 Å². The molecule has 0 unspecified atom stereocenters. The average Bonchev–Trinajstić information content (AvgIpc) is 2.78. The standard InChI is InChI=1S/C23H26N2O4/c1-28-19-13-17(14-20(15-19)29-2)23(27)24-11-9-18(10-12-24)25-21-6-4-3-5-16(21)7-8-22(25)26/h3-6,13-15,18H,7-12H2,1-2H3. The van der Waals surface area contributed by atoms with E-state index in [0.717, 1.165) is 24.9 Å². The van der Waals surface area contributed by atoms with E-state index in [4.69, 9.17) is 9.47 Å². The van der Waals surface area contributed by atoms with Crippen molar-refractivity contribution >= 4 is 17.5 Å². The molecule has 6 heteroatoms. The van der Waals surface area contributed by atoms with E-state index in [-0.39, 0.29) is 17.9 Å². The van der Waals surface area contributed by atoms with Crippen LogP contribution in [0.2, 0.25) is 0 Å². The Morgan fingerprint density at radius 3 is 2.28 bits per heavy atom. The molecule has 1 saturated heterocycles. The van der Waals surface area contributed by atoms with Gasteiger partial charge in [-0.3, -0.25) is 9.59 Å². The van der Waals surface area contributed by atoms with E-state index in [9.17, 15) is 9.59 Å². The number of likely N-dealkylation sites (tertiary alicyclic amines) is 1. The van der Waals surface area contributed by atoms with Gasteiger partial charge in [-0.1, -0.05) is 18.2 Å². The number of benzene rings is 2. The lowest BCUT2D eigenvalue weighted by Crippen LogP contribution is -2.50. The summed E-state index contributed by atoms with van der Waals surface area (Å²) >= 11 is 0. The summed E-state index contributed by atoms with van der Waals surface area (Å²) in [5, 5.41) is 0. The van der Waals surface area contributed by atoms with Crippen molar-refractivity contribution in [2.75, 3.05) is 32.2 Å². The first-order valence-electron chi connectivity index (χ1n) is 10.0. The molecule has 2 aliphatic heterocycles. The van der Waals surface area contributed by atoms with E-state index < -0.39 is 0 Å². The lowest BCUT2D eigenvalue weighted by Gasteiger charge is -2.41. The Morgan fingerprint density at radius 1 is 0.966 bits per heavy atom. The lowest BCUT2D eigenvalue weighted by molar-refractivity contribution is -0.119. The lowest BCUT2D eigenvalue weighted by atomic mass is 9.95. The average molecular weight is 394 g/mol. The summed E-state index contributed by atoms with van der Waals surface area (Å²) in [6.07, 6.45) is 2.90. The molecule has 0 N–H and O–H groups in total.